The molecule has 0 saturated carbocycles. The summed E-state index contributed by atoms with van der Waals surface area (Å²) in [5.74, 6) is 0.598. The second-order valence-electron chi connectivity index (χ2n) is 4.95. The van der Waals surface area contributed by atoms with E-state index in [0.717, 1.165) is 36.4 Å². The van der Waals surface area contributed by atoms with Crippen molar-refractivity contribution in [3.8, 4) is 0 Å². The average Bonchev–Trinajstić information content (AvgIpc) is 2.81. The molecule has 0 spiro atoms. The first-order valence-electron chi connectivity index (χ1n) is 6.32. The van der Waals surface area contributed by atoms with Crippen molar-refractivity contribution >= 4 is 22.9 Å². The number of hydrogen-bond donors (Lipinski definition) is 2. The molecule has 1 aromatic rings. The third-order valence-corrected chi connectivity index (χ3v) is 3.78. The molecule has 4 heteroatoms. The first-order valence-corrected chi connectivity index (χ1v) is 6.73. The van der Waals surface area contributed by atoms with E-state index in [9.17, 15) is 0 Å². The Hall–Kier alpha value is -1.13. The van der Waals surface area contributed by atoms with Gasteiger partial charge in [0.2, 0.25) is 0 Å². The van der Waals surface area contributed by atoms with Crippen LogP contribution in [0.5, 0.6) is 0 Å². The van der Waals surface area contributed by atoms with Gasteiger partial charge in [-0.1, -0.05) is 12.2 Å². The molecule has 0 radical (unpaired) electrons. The summed E-state index contributed by atoms with van der Waals surface area (Å²) in [4.78, 5) is 0.455. The van der Waals surface area contributed by atoms with Crippen LogP contribution in [0.2, 0.25) is 0 Å². The fourth-order valence-electron chi connectivity index (χ4n) is 2.36. The topological polar surface area (TPSA) is 47.3 Å². The summed E-state index contributed by atoms with van der Waals surface area (Å²) >= 11 is 5.01. The third-order valence-electron chi connectivity index (χ3n) is 3.56. The molecule has 1 fully saturated rings. The van der Waals surface area contributed by atoms with Crippen LogP contribution in [0.4, 0.5) is 5.69 Å². The van der Waals surface area contributed by atoms with E-state index in [1.165, 1.54) is 0 Å². The van der Waals surface area contributed by atoms with Gasteiger partial charge in [0.05, 0.1) is 6.61 Å². The number of ether oxygens (including phenoxy) is 1. The van der Waals surface area contributed by atoms with E-state index < -0.39 is 0 Å². The van der Waals surface area contributed by atoms with Crippen LogP contribution in [0.3, 0.4) is 0 Å². The minimum atomic E-state index is 0.419. The fraction of sp³-hybridized carbons (Fsp3) is 0.500. The SMILES string of the molecule is Cc1cc(NC(C)C2CCOC2)ccc1C(N)=S. The number of thiocarbonyl (C=S) groups is 1. The number of hydrogen-bond acceptors (Lipinski definition) is 3. The van der Waals surface area contributed by atoms with Gasteiger partial charge in [-0.3, -0.25) is 0 Å². The molecule has 98 valence electrons. The molecule has 0 aromatic heterocycles. The van der Waals surface area contributed by atoms with Crippen LogP contribution >= 0.6 is 12.2 Å². The van der Waals surface area contributed by atoms with Gasteiger partial charge in [0.25, 0.3) is 0 Å². The van der Waals surface area contributed by atoms with Crippen molar-refractivity contribution in [1.82, 2.24) is 0 Å². The predicted molar refractivity (Wildman–Crippen MR) is 79.1 cm³/mol. The molecule has 2 rings (SSSR count). The van der Waals surface area contributed by atoms with Crippen LogP contribution in [0, 0.1) is 12.8 Å². The molecule has 1 heterocycles. The largest absolute Gasteiger partial charge is 0.389 e. The molecule has 0 amide bonds. The number of nitrogens with one attached hydrogen (secondary N) is 1. The van der Waals surface area contributed by atoms with E-state index in [0.29, 0.717) is 16.9 Å². The lowest BCUT2D eigenvalue weighted by molar-refractivity contribution is 0.183. The highest BCUT2D eigenvalue weighted by Crippen LogP contribution is 2.22. The zero-order valence-corrected chi connectivity index (χ0v) is 11.7. The van der Waals surface area contributed by atoms with Crippen LogP contribution in [-0.2, 0) is 4.74 Å². The second-order valence-corrected chi connectivity index (χ2v) is 5.39. The normalized spacial score (nSPS) is 20.7. The second kappa shape index (κ2) is 5.67. The van der Waals surface area contributed by atoms with Crippen LogP contribution in [0.1, 0.15) is 24.5 Å². The highest BCUT2D eigenvalue weighted by molar-refractivity contribution is 7.80. The van der Waals surface area contributed by atoms with Crippen molar-refractivity contribution < 1.29 is 4.74 Å². The van der Waals surface area contributed by atoms with Crippen molar-refractivity contribution in [3.63, 3.8) is 0 Å². The van der Waals surface area contributed by atoms with E-state index in [-0.39, 0.29) is 0 Å². The average molecular weight is 264 g/mol. The lowest BCUT2D eigenvalue weighted by atomic mass is 10.00. The molecular weight excluding hydrogens is 244 g/mol. The Labute approximate surface area is 114 Å². The highest BCUT2D eigenvalue weighted by atomic mass is 32.1. The first kappa shape index (κ1) is 13.3. The minimum Gasteiger partial charge on any atom is -0.389 e. The van der Waals surface area contributed by atoms with Crippen molar-refractivity contribution in [2.24, 2.45) is 11.7 Å². The Bertz CT molecular complexity index is 441. The Morgan fingerprint density at radius 2 is 2.33 bits per heavy atom. The summed E-state index contributed by atoms with van der Waals surface area (Å²) < 4.78 is 5.42. The molecule has 2 atom stereocenters. The smallest absolute Gasteiger partial charge is 0.104 e. The third kappa shape index (κ3) is 3.00. The fourth-order valence-corrected chi connectivity index (χ4v) is 2.59. The molecule has 0 bridgehead atoms. The number of benzene rings is 1. The van der Waals surface area contributed by atoms with Crippen LogP contribution in [0.25, 0.3) is 0 Å². The van der Waals surface area contributed by atoms with Gasteiger partial charge in [-0.2, -0.15) is 0 Å². The summed E-state index contributed by atoms with van der Waals surface area (Å²) in [6.07, 6.45) is 1.14. The monoisotopic (exact) mass is 264 g/mol. The molecular formula is C14H20N2OS. The van der Waals surface area contributed by atoms with Crippen LogP contribution in [0.15, 0.2) is 18.2 Å². The van der Waals surface area contributed by atoms with Crippen molar-refractivity contribution in [1.29, 1.82) is 0 Å². The number of nitrogens with two attached hydrogens (primary N) is 1. The summed E-state index contributed by atoms with van der Waals surface area (Å²) in [6, 6.07) is 6.54. The lowest BCUT2D eigenvalue weighted by Gasteiger charge is -2.21. The predicted octanol–water partition coefficient (Wildman–Crippen LogP) is 2.47. The first-order chi connectivity index (χ1) is 8.58. The lowest BCUT2D eigenvalue weighted by Crippen LogP contribution is -2.26. The van der Waals surface area contributed by atoms with Crippen LogP contribution in [-0.4, -0.2) is 24.2 Å². The quantitative estimate of drug-likeness (QED) is 0.820. The summed E-state index contributed by atoms with van der Waals surface area (Å²) in [5, 5.41) is 3.53. The van der Waals surface area contributed by atoms with Gasteiger partial charge in [0.15, 0.2) is 0 Å². The van der Waals surface area contributed by atoms with Gasteiger partial charge < -0.3 is 15.8 Å². The van der Waals surface area contributed by atoms with Gasteiger partial charge in [-0.05, 0) is 44.0 Å². The maximum absolute atomic E-state index is 5.66. The van der Waals surface area contributed by atoms with Gasteiger partial charge in [-0.15, -0.1) is 0 Å². The Morgan fingerprint density at radius 1 is 1.56 bits per heavy atom. The molecule has 1 aliphatic heterocycles. The molecule has 3 N–H and O–H groups in total. The number of anilines is 1. The van der Waals surface area contributed by atoms with Crippen molar-refractivity contribution in [3.05, 3.63) is 29.3 Å². The van der Waals surface area contributed by atoms with E-state index in [2.05, 4.69) is 18.3 Å². The summed E-state index contributed by atoms with van der Waals surface area (Å²) in [7, 11) is 0. The molecule has 3 nitrogen and oxygen atoms in total. The summed E-state index contributed by atoms with van der Waals surface area (Å²) in [5.41, 5.74) is 8.84. The van der Waals surface area contributed by atoms with E-state index >= 15 is 0 Å². The van der Waals surface area contributed by atoms with Crippen LogP contribution < -0.4 is 11.1 Å². The summed E-state index contributed by atoms with van der Waals surface area (Å²) in [6.45, 7) is 5.98. The maximum Gasteiger partial charge on any atom is 0.104 e. The van der Waals surface area contributed by atoms with Gasteiger partial charge in [0, 0.05) is 29.8 Å². The molecule has 1 aliphatic rings. The zero-order valence-electron chi connectivity index (χ0n) is 10.9. The van der Waals surface area contributed by atoms with Crippen molar-refractivity contribution in [2.45, 2.75) is 26.3 Å². The van der Waals surface area contributed by atoms with Gasteiger partial charge >= 0.3 is 0 Å². The van der Waals surface area contributed by atoms with E-state index in [4.69, 9.17) is 22.7 Å². The van der Waals surface area contributed by atoms with Gasteiger partial charge in [-0.25, -0.2) is 0 Å². The van der Waals surface area contributed by atoms with Crippen molar-refractivity contribution in [2.75, 3.05) is 18.5 Å². The molecule has 1 saturated heterocycles. The standard InChI is InChI=1S/C14H20N2OS/c1-9-7-12(3-4-13(9)14(15)18)16-10(2)11-5-6-17-8-11/h3-4,7,10-11,16H,5-6,8H2,1-2H3,(H2,15,18). The van der Waals surface area contributed by atoms with E-state index in [1.54, 1.807) is 0 Å². The number of aryl methyl sites for hydroxylation is 1. The minimum absolute atomic E-state index is 0.419. The Balaban J connectivity index is 2.05. The maximum atomic E-state index is 5.66. The molecule has 2 unspecified atom stereocenters. The number of rotatable bonds is 4. The molecule has 0 aliphatic carbocycles. The Kier molecular flexibility index (Phi) is 4.19. The Morgan fingerprint density at radius 3 is 2.89 bits per heavy atom. The molecule has 18 heavy (non-hydrogen) atoms. The molecule has 1 aromatic carbocycles. The van der Waals surface area contributed by atoms with Gasteiger partial charge in [0.1, 0.15) is 4.99 Å². The highest BCUT2D eigenvalue weighted by Gasteiger charge is 2.22. The zero-order chi connectivity index (χ0) is 13.1. The van der Waals surface area contributed by atoms with E-state index in [1.807, 2.05) is 19.1 Å².